The highest BCUT2D eigenvalue weighted by Crippen LogP contribution is 2.63. The fourth-order valence-electron chi connectivity index (χ4n) is 11.4. The Morgan fingerprint density at radius 1 is 0.324 bits per heavy atom. The maximum atomic E-state index is 5.35. The van der Waals surface area contributed by atoms with Crippen molar-refractivity contribution >= 4 is 16.3 Å². The summed E-state index contributed by atoms with van der Waals surface area (Å²) in [5.74, 6) is 0.688. The average Bonchev–Trinajstić information content (AvgIpc) is 4.09. The van der Waals surface area contributed by atoms with Crippen LogP contribution in [0.4, 0.5) is 0 Å². The molecule has 0 radical (unpaired) electrons. The molecule has 0 atom stereocenters. The van der Waals surface area contributed by atoms with E-state index in [2.05, 4.69) is 235 Å². The molecule has 0 amide bonds. The van der Waals surface area contributed by atoms with E-state index in [1.165, 1.54) is 49.9 Å². The van der Waals surface area contributed by atoms with Crippen LogP contribution in [0.3, 0.4) is 0 Å². The van der Waals surface area contributed by atoms with Gasteiger partial charge in [-0.1, -0.05) is 224 Å². The first-order chi connectivity index (χ1) is 33.7. The van der Waals surface area contributed by atoms with Crippen molar-refractivity contribution in [1.82, 2.24) is 19.6 Å². The lowest BCUT2D eigenvalue weighted by Gasteiger charge is -2.30. The van der Waals surface area contributed by atoms with Crippen LogP contribution in [-0.2, 0) is 5.41 Å². The predicted molar refractivity (Wildman–Crippen MR) is 277 cm³/mol. The molecule has 316 valence electrons. The summed E-state index contributed by atoms with van der Waals surface area (Å²) in [5.41, 5.74) is 22.4. The third kappa shape index (κ3) is 5.58. The third-order valence-corrected chi connectivity index (χ3v) is 14.3. The number of fused-ring (bicyclic) bond motifs is 13. The minimum atomic E-state index is -0.450. The molecule has 0 N–H and O–H groups in total. The number of pyridine rings is 1. The predicted octanol–water partition coefficient (Wildman–Crippen LogP) is 15.6. The van der Waals surface area contributed by atoms with Gasteiger partial charge in [0, 0.05) is 38.8 Å². The van der Waals surface area contributed by atoms with Crippen LogP contribution < -0.4 is 0 Å². The molecule has 0 bridgehead atoms. The van der Waals surface area contributed by atoms with Crippen LogP contribution in [0.25, 0.3) is 106 Å². The van der Waals surface area contributed by atoms with E-state index < -0.39 is 5.41 Å². The zero-order valence-corrected chi connectivity index (χ0v) is 36.9. The first-order valence-electron chi connectivity index (χ1n) is 23.3. The largest absolute Gasteiger partial charge is 0.231 e. The Morgan fingerprint density at radius 2 is 0.794 bits per heavy atom. The molecule has 0 unspecified atom stereocenters. The molecule has 4 nitrogen and oxygen atoms in total. The first kappa shape index (κ1) is 38.3. The van der Waals surface area contributed by atoms with E-state index in [1.54, 1.807) is 0 Å². The van der Waals surface area contributed by atoms with Crippen molar-refractivity contribution in [2.24, 2.45) is 0 Å². The molecule has 2 aliphatic carbocycles. The Bertz CT molecular complexity index is 3880. The highest BCUT2D eigenvalue weighted by molar-refractivity contribution is 6.13. The zero-order valence-electron chi connectivity index (χ0n) is 36.9. The van der Waals surface area contributed by atoms with Gasteiger partial charge >= 0.3 is 0 Å². The van der Waals surface area contributed by atoms with Gasteiger partial charge in [0.15, 0.2) is 5.82 Å². The second-order valence-electron chi connectivity index (χ2n) is 17.9. The smallest absolute Gasteiger partial charge is 0.160 e. The van der Waals surface area contributed by atoms with E-state index in [0.717, 1.165) is 72.5 Å². The van der Waals surface area contributed by atoms with E-state index in [1.807, 2.05) is 12.3 Å². The summed E-state index contributed by atoms with van der Waals surface area (Å²) >= 11 is 0. The summed E-state index contributed by atoms with van der Waals surface area (Å²) in [7, 11) is 0. The van der Waals surface area contributed by atoms with Gasteiger partial charge in [0.25, 0.3) is 0 Å². The number of nitrogens with zero attached hydrogens (tertiary/aromatic N) is 4. The molecule has 68 heavy (non-hydrogen) atoms. The number of aromatic nitrogens is 4. The number of hydrogen-bond acceptors (Lipinski definition) is 3. The lowest BCUT2D eigenvalue weighted by Crippen LogP contribution is -2.25. The van der Waals surface area contributed by atoms with Gasteiger partial charge < -0.3 is 0 Å². The van der Waals surface area contributed by atoms with Crippen LogP contribution in [0.2, 0.25) is 0 Å². The molecular weight excluding hydrogens is 825 g/mol. The lowest BCUT2D eigenvalue weighted by molar-refractivity contribution is 0.794. The number of benzene rings is 9. The maximum absolute atomic E-state index is 5.35. The molecule has 0 saturated carbocycles. The first-order valence-corrected chi connectivity index (χ1v) is 23.3. The van der Waals surface area contributed by atoms with Gasteiger partial charge in [0.05, 0.1) is 34.2 Å². The Labute approximate surface area is 394 Å². The quantitative estimate of drug-likeness (QED) is 0.167. The van der Waals surface area contributed by atoms with Crippen molar-refractivity contribution in [3.05, 3.63) is 265 Å². The molecule has 9 aromatic carbocycles. The molecule has 0 saturated heterocycles. The van der Waals surface area contributed by atoms with E-state index in [9.17, 15) is 0 Å². The third-order valence-electron chi connectivity index (χ3n) is 14.3. The minimum absolute atomic E-state index is 0.450. The molecule has 0 fully saturated rings. The van der Waals surface area contributed by atoms with Gasteiger partial charge in [0.2, 0.25) is 0 Å². The van der Waals surface area contributed by atoms with Crippen molar-refractivity contribution in [3.63, 3.8) is 0 Å². The second-order valence-corrected chi connectivity index (χ2v) is 17.9. The van der Waals surface area contributed by atoms with Gasteiger partial charge in [0.1, 0.15) is 0 Å². The summed E-state index contributed by atoms with van der Waals surface area (Å²) in [6.07, 6.45) is 2.01. The van der Waals surface area contributed by atoms with Gasteiger partial charge in [-0.2, -0.15) is 5.10 Å². The van der Waals surface area contributed by atoms with Crippen LogP contribution in [0, 0.1) is 0 Å². The van der Waals surface area contributed by atoms with Crippen LogP contribution in [0.1, 0.15) is 22.3 Å². The molecule has 2 aliphatic rings. The highest BCUT2D eigenvalue weighted by Gasteiger charge is 2.51. The highest BCUT2D eigenvalue weighted by atomic mass is 15.2. The van der Waals surface area contributed by atoms with Gasteiger partial charge in [-0.15, -0.1) is 0 Å². The second kappa shape index (κ2) is 15.0. The van der Waals surface area contributed by atoms with Crippen LogP contribution in [-0.4, -0.2) is 19.6 Å². The van der Waals surface area contributed by atoms with Crippen LogP contribution >= 0.6 is 0 Å². The molecule has 4 heteroatoms. The molecule has 12 aromatic rings. The van der Waals surface area contributed by atoms with E-state index in [-0.39, 0.29) is 0 Å². The van der Waals surface area contributed by atoms with Crippen LogP contribution in [0.5, 0.6) is 0 Å². The SMILES string of the molecule is c1ccc(-c2nc(-c3ccc(-c4c(-c5ccccc5)n5ncc(-c6ccccc6)c5c5ccccc45)cc3)cc(-c3ccc4c(c3)C3(c5ccccc5-c5ccccc53)c3ccccc3-4)n2)cc1. The van der Waals surface area contributed by atoms with Crippen molar-refractivity contribution < 1.29 is 0 Å². The average molecular weight is 865 g/mol. The summed E-state index contributed by atoms with van der Waals surface area (Å²) in [4.78, 5) is 10.7. The van der Waals surface area contributed by atoms with E-state index in [0.29, 0.717) is 5.82 Å². The normalized spacial score (nSPS) is 12.8. The molecule has 14 rings (SSSR count). The van der Waals surface area contributed by atoms with Crippen molar-refractivity contribution in [1.29, 1.82) is 0 Å². The summed E-state index contributed by atoms with van der Waals surface area (Å²) < 4.78 is 2.15. The van der Waals surface area contributed by atoms with Gasteiger partial charge in [-0.3, -0.25) is 0 Å². The molecular formula is C64H40N4. The van der Waals surface area contributed by atoms with Crippen molar-refractivity contribution in [3.8, 4) is 89.7 Å². The number of hydrogen-bond donors (Lipinski definition) is 0. The fourth-order valence-corrected chi connectivity index (χ4v) is 11.4. The lowest BCUT2D eigenvalue weighted by atomic mass is 9.70. The Kier molecular flexibility index (Phi) is 8.46. The molecule has 3 heterocycles. The monoisotopic (exact) mass is 864 g/mol. The minimum Gasteiger partial charge on any atom is -0.231 e. The summed E-state index contributed by atoms with van der Waals surface area (Å²) in [6.45, 7) is 0. The Balaban J connectivity index is 0.945. The molecule has 0 aliphatic heterocycles. The van der Waals surface area contributed by atoms with Gasteiger partial charge in [-0.05, 0) is 73.2 Å². The summed E-state index contributed by atoms with van der Waals surface area (Å²) in [6, 6.07) is 85.2. The molecule has 1 spiro atoms. The Hall–Kier alpha value is -8.99. The van der Waals surface area contributed by atoms with E-state index in [4.69, 9.17) is 15.1 Å². The number of rotatable bonds is 6. The molecule has 3 aromatic heterocycles. The van der Waals surface area contributed by atoms with Crippen molar-refractivity contribution in [2.45, 2.75) is 5.41 Å². The van der Waals surface area contributed by atoms with Crippen LogP contribution in [0.15, 0.2) is 243 Å². The Morgan fingerprint density at radius 3 is 1.41 bits per heavy atom. The zero-order chi connectivity index (χ0) is 44.8. The fraction of sp³-hybridized carbons (Fsp3) is 0.0156. The standard InChI is InChI=1S/C64H40N4/c1-4-18-41(19-5-1)53-40-65-68-61(44-20-6-2-7-21-44)60(51-27-10-11-28-52(51)62(53)68)43-34-32-42(33-35-43)58-39-59(67-63(66-58)45-22-8-3-9-23-45)46-36-37-50-49-26-14-17-31-56(49)64(57(50)38-46)54-29-15-12-24-47(54)48-25-13-16-30-55(48)64/h1-40H. The topological polar surface area (TPSA) is 43.1 Å². The van der Waals surface area contributed by atoms with Crippen molar-refractivity contribution in [2.75, 3.05) is 0 Å². The van der Waals surface area contributed by atoms with Gasteiger partial charge in [-0.25, -0.2) is 14.5 Å². The van der Waals surface area contributed by atoms with E-state index >= 15 is 0 Å². The maximum Gasteiger partial charge on any atom is 0.160 e. The summed E-state index contributed by atoms with van der Waals surface area (Å²) in [5, 5.41) is 7.45.